The molecule has 5 rings (SSSR count). The van der Waals surface area contributed by atoms with Gasteiger partial charge in [-0.15, -0.1) is 10.2 Å². The number of halogens is 2. The molecule has 0 atom stereocenters. The number of nitrogens with zero attached hydrogens (tertiary/aromatic N) is 5. The molecule has 0 aliphatic carbocycles. The van der Waals surface area contributed by atoms with Crippen molar-refractivity contribution in [2.45, 2.75) is 0 Å². The van der Waals surface area contributed by atoms with Gasteiger partial charge in [-0.05, 0) is 71.1 Å². The fourth-order valence-electron chi connectivity index (χ4n) is 3.37. The largest absolute Gasteiger partial charge is 0.438 e. The maximum Gasteiger partial charge on any atom is 0.228 e. The number of anilines is 3. The van der Waals surface area contributed by atoms with Gasteiger partial charge in [0.25, 0.3) is 0 Å². The lowest BCUT2D eigenvalue weighted by molar-refractivity contribution is 0.465. The average molecular weight is 582 g/mol. The van der Waals surface area contributed by atoms with E-state index in [9.17, 15) is 0 Å². The van der Waals surface area contributed by atoms with Crippen molar-refractivity contribution in [1.29, 1.82) is 0 Å². The third kappa shape index (κ3) is 4.57. The lowest BCUT2D eigenvalue weighted by atomic mass is 10.2. The first-order chi connectivity index (χ1) is 16.6. The molecule has 168 valence electrons. The van der Waals surface area contributed by atoms with Crippen LogP contribution in [0.25, 0.3) is 22.0 Å². The quantitative estimate of drug-likeness (QED) is 0.225. The first-order valence-corrected chi connectivity index (χ1v) is 11.7. The number of benzene rings is 2. The average Bonchev–Trinajstić information content (AvgIpc) is 2.87. The summed E-state index contributed by atoms with van der Waals surface area (Å²) in [5, 5.41) is 16.7. The molecule has 10 heteroatoms. The molecule has 0 aliphatic heterocycles. The normalized spacial score (nSPS) is 10.8. The maximum atomic E-state index is 6.27. The van der Waals surface area contributed by atoms with Crippen LogP contribution in [0.15, 0.2) is 73.1 Å². The highest BCUT2D eigenvalue weighted by atomic mass is 127. The van der Waals surface area contributed by atoms with E-state index in [0.717, 1.165) is 25.6 Å². The van der Waals surface area contributed by atoms with Gasteiger partial charge in [-0.1, -0.05) is 23.7 Å². The third-order valence-electron chi connectivity index (χ3n) is 4.97. The van der Waals surface area contributed by atoms with Crippen molar-refractivity contribution >= 4 is 62.4 Å². The van der Waals surface area contributed by atoms with Crippen LogP contribution in [0.4, 0.5) is 17.5 Å². The van der Waals surface area contributed by atoms with Crippen molar-refractivity contribution in [2.75, 3.05) is 17.7 Å². The Morgan fingerprint density at radius 2 is 1.76 bits per heavy atom. The van der Waals surface area contributed by atoms with Crippen LogP contribution in [0.2, 0.25) is 5.15 Å². The second-order valence-corrected chi connectivity index (χ2v) is 8.65. The minimum absolute atomic E-state index is 0.381. The van der Waals surface area contributed by atoms with Crippen LogP contribution in [0, 0.1) is 3.57 Å². The van der Waals surface area contributed by atoms with Crippen molar-refractivity contribution < 1.29 is 4.74 Å². The van der Waals surface area contributed by atoms with Gasteiger partial charge >= 0.3 is 0 Å². The van der Waals surface area contributed by atoms with Gasteiger partial charge in [0.05, 0.1) is 11.3 Å². The number of rotatable bonds is 6. The van der Waals surface area contributed by atoms with Gasteiger partial charge in [0.15, 0.2) is 11.0 Å². The molecular formula is C24H17ClIN7O. The van der Waals surface area contributed by atoms with E-state index in [1.54, 1.807) is 19.4 Å². The molecular weight excluding hydrogens is 565 g/mol. The van der Waals surface area contributed by atoms with Gasteiger partial charge < -0.3 is 15.4 Å². The van der Waals surface area contributed by atoms with Crippen LogP contribution in [-0.4, -0.2) is 32.2 Å². The van der Waals surface area contributed by atoms with E-state index in [4.69, 9.17) is 16.3 Å². The summed E-state index contributed by atoms with van der Waals surface area (Å²) in [4.78, 5) is 13.0. The highest BCUT2D eigenvalue weighted by Crippen LogP contribution is 2.33. The minimum atomic E-state index is 0.381. The first kappa shape index (κ1) is 22.2. The van der Waals surface area contributed by atoms with Crippen molar-refractivity contribution in [2.24, 2.45) is 0 Å². The van der Waals surface area contributed by atoms with E-state index >= 15 is 0 Å². The molecule has 3 aromatic heterocycles. The Morgan fingerprint density at radius 1 is 0.912 bits per heavy atom. The Labute approximate surface area is 213 Å². The molecule has 0 bridgehead atoms. The Kier molecular flexibility index (Phi) is 6.37. The maximum absolute atomic E-state index is 6.27. The highest BCUT2D eigenvalue weighted by Gasteiger charge is 2.13. The van der Waals surface area contributed by atoms with Crippen molar-refractivity contribution in [1.82, 2.24) is 25.1 Å². The molecule has 5 aromatic rings. The number of hydrogen-bond acceptors (Lipinski definition) is 8. The monoisotopic (exact) mass is 581 g/mol. The lowest BCUT2D eigenvalue weighted by Gasteiger charge is -2.12. The smallest absolute Gasteiger partial charge is 0.228 e. The molecule has 34 heavy (non-hydrogen) atoms. The molecule has 0 fully saturated rings. The van der Waals surface area contributed by atoms with Crippen molar-refractivity contribution in [3.05, 3.63) is 81.8 Å². The predicted molar refractivity (Wildman–Crippen MR) is 142 cm³/mol. The molecule has 0 unspecified atom stereocenters. The van der Waals surface area contributed by atoms with Crippen molar-refractivity contribution in [3.8, 4) is 22.9 Å². The minimum Gasteiger partial charge on any atom is -0.438 e. The second-order valence-electron chi connectivity index (χ2n) is 7.12. The van der Waals surface area contributed by atoms with Gasteiger partial charge in [-0.2, -0.15) is 0 Å². The topological polar surface area (TPSA) is 97.7 Å². The van der Waals surface area contributed by atoms with Crippen LogP contribution >= 0.6 is 34.2 Å². The molecule has 0 radical (unpaired) electrons. The molecule has 0 saturated heterocycles. The number of fused-ring (bicyclic) bond motifs is 1. The molecule has 0 amide bonds. The van der Waals surface area contributed by atoms with Crippen LogP contribution in [-0.2, 0) is 0 Å². The van der Waals surface area contributed by atoms with E-state index in [2.05, 4.69) is 58.4 Å². The molecule has 0 spiro atoms. The molecule has 0 aliphatic rings. The number of nitrogens with one attached hydrogen (secondary N) is 2. The van der Waals surface area contributed by atoms with Gasteiger partial charge in [-0.25, -0.2) is 15.0 Å². The Balaban J connectivity index is 1.39. The van der Waals surface area contributed by atoms with Gasteiger partial charge in [0, 0.05) is 39.5 Å². The van der Waals surface area contributed by atoms with Crippen LogP contribution in [0.3, 0.4) is 0 Å². The van der Waals surface area contributed by atoms with E-state index in [-0.39, 0.29) is 0 Å². The Hall–Kier alpha value is -3.57. The van der Waals surface area contributed by atoms with E-state index in [0.29, 0.717) is 34.2 Å². The number of pyridine rings is 1. The molecule has 8 nitrogen and oxygen atoms in total. The summed E-state index contributed by atoms with van der Waals surface area (Å²) in [6, 6.07) is 19.0. The summed E-state index contributed by atoms with van der Waals surface area (Å²) >= 11 is 8.51. The van der Waals surface area contributed by atoms with Gasteiger partial charge in [-0.3, -0.25) is 0 Å². The first-order valence-electron chi connectivity index (χ1n) is 10.2. The van der Waals surface area contributed by atoms with Crippen molar-refractivity contribution in [3.63, 3.8) is 0 Å². The second kappa shape index (κ2) is 9.74. The zero-order valence-electron chi connectivity index (χ0n) is 17.8. The molecule has 2 aromatic carbocycles. The SMILES string of the molecule is CNc1nccc(-c2cccnc2Oc2ccc(Nc3nnc(Cl)c4c(I)cccc34)cc2)n1. The fraction of sp³-hybridized carbons (Fsp3) is 0.0417. The fourth-order valence-corrected chi connectivity index (χ4v) is 4.53. The standard InChI is InChI=1S/C24H17ClIN7O/c1-27-24-29-13-11-19(31-24)16-5-3-12-28-23(16)34-15-9-7-14(8-10-15)30-22-17-4-2-6-18(26)20(17)21(25)32-33-22/h2-13H,1H3,(H,30,33)(H,27,29,31). The molecule has 2 N–H and O–H groups in total. The summed E-state index contributed by atoms with van der Waals surface area (Å²) in [6.07, 6.45) is 3.37. The zero-order chi connectivity index (χ0) is 23.5. The lowest BCUT2D eigenvalue weighted by Crippen LogP contribution is -1.99. The number of ether oxygens (including phenoxy) is 1. The van der Waals surface area contributed by atoms with Crippen LogP contribution in [0.5, 0.6) is 11.6 Å². The third-order valence-corrected chi connectivity index (χ3v) is 6.13. The summed E-state index contributed by atoms with van der Waals surface area (Å²) in [7, 11) is 1.77. The highest BCUT2D eigenvalue weighted by molar-refractivity contribution is 14.1. The molecule has 3 heterocycles. The predicted octanol–water partition coefficient (Wildman–Crippen LogP) is 6.32. The zero-order valence-corrected chi connectivity index (χ0v) is 20.7. The number of hydrogen-bond donors (Lipinski definition) is 2. The Bertz CT molecular complexity index is 1470. The summed E-state index contributed by atoms with van der Waals surface area (Å²) < 4.78 is 7.09. The van der Waals surface area contributed by atoms with E-state index in [1.807, 2.05) is 60.7 Å². The van der Waals surface area contributed by atoms with Gasteiger partial charge in [0.1, 0.15) is 5.75 Å². The van der Waals surface area contributed by atoms with Crippen LogP contribution in [0.1, 0.15) is 0 Å². The number of aromatic nitrogens is 5. The summed E-state index contributed by atoms with van der Waals surface area (Å²) in [6.45, 7) is 0. The summed E-state index contributed by atoms with van der Waals surface area (Å²) in [5.74, 6) is 2.24. The van der Waals surface area contributed by atoms with E-state index in [1.165, 1.54) is 0 Å². The summed E-state index contributed by atoms with van der Waals surface area (Å²) in [5.41, 5.74) is 2.31. The molecule has 0 saturated carbocycles. The van der Waals surface area contributed by atoms with Crippen LogP contribution < -0.4 is 15.4 Å². The van der Waals surface area contributed by atoms with E-state index < -0.39 is 0 Å². The Morgan fingerprint density at radius 3 is 2.59 bits per heavy atom. The van der Waals surface area contributed by atoms with Gasteiger partial charge in [0.2, 0.25) is 11.8 Å².